The molecule has 0 amide bonds. The van der Waals surface area contributed by atoms with Gasteiger partial charge in [0.05, 0.1) is 29.8 Å². The average molecular weight is 519 g/mol. The highest BCUT2D eigenvalue weighted by Crippen LogP contribution is 2.33. The summed E-state index contributed by atoms with van der Waals surface area (Å²) in [4.78, 5) is 18.9. The van der Waals surface area contributed by atoms with Gasteiger partial charge in [-0.3, -0.25) is 4.79 Å². The Morgan fingerprint density at radius 3 is 2.59 bits per heavy atom. The van der Waals surface area contributed by atoms with Crippen LogP contribution in [0, 0.1) is 29.2 Å². The summed E-state index contributed by atoms with van der Waals surface area (Å²) in [6.07, 6.45) is 2.13. The average Bonchev–Trinajstić information content (AvgIpc) is 3.52. The molecular formula is C24H21F4N5O4. The molecule has 13 heteroatoms. The highest BCUT2D eigenvalue weighted by atomic mass is 19.2. The summed E-state index contributed by atoms with van der Waals surface area (Å²) in [5.41, 5.74) is -0.0971. The summed E-state index contributed by atoms with van der Waals surface area (Å²) in [5, 5.41) is 9.81. The molecule has 9 nitrogen and oxygen atoms in total. The summed E-state index contributed by atoms with van der Waals surface area (Å²) in [7, 11) is 0. The van der Waals surface area contributed by atoms with Crippen LogP contribution >= 0.6 is 0 Å². The molecule has 4 aromatic rings. The van der Waals surface area contributed by atoms with E-state index in [0.29, 0.717) is 44.4 Å². The molecule has 0 unspecified atom stereocenters. The van der Waals surface area contributed by atoms with Gasteiger partial charge in [-0.25, -0.2) is 22.5 Å². The number of benzene rings is 2. The largest absolute Gasteiger partial charge is 0.487 e. The maximum absolute atomic E-state index is 15.2. The molecule has 0 radical (unpaired) electrons. The molecule has 5 rings (SSSR count). The van der Waals surface area contributed by atoms with Gasteiger partial charge in [-0.2, -0.15) is 0 Å². The van der Waals surface area contributed by atoms with Crippen LogP contribution in [-0.4, -0.2) is 38.8 Å². The van der Waals surface area contributed by atoms with E-state index in [9.17, 15) is 18.0 Å². The Labute approximate surface area is 207 Å². The number of hydrogen-bond acceptors (Lipinski definition) is 8. The summed E-state index contributed by atoms with van der Waals surface area (Å²) in [6, 6.07) is 3.69. The summed E-state index contributed by atoms with van der Waals surface area (Å²) in [5.74, 6) is -4.80. The van der Waals surface area contributed by atoms with Gasteiger partial charge in [0, 0.05) is 12.1 Å². The second-order valence-electron chi connectivity index (χ2n) is 8.48. The van der Waals surface area contributed by atoms with Gasteiger partial charge in [0.25, 0.3) is 5.89 Å². The first-order chi connectivity index (χ1) is 17.8. The molecule has 1 fully saturated rings. The monoisotopic (exact) mass is 519 g/mol. The molecule has 2 N–H and O–H groups in total. The molecule has 2 heterocycles. The first-order valence-electron chi connectivity index (χ1n) is 11.6. The van der Waals surface area contributed by atoms with Crippen LogP contribution in [0.4, 0.5) is 29.3 Å². The first kappa shape index (κ1) is 24.5. The van der Waals surface area contributed by atoms with Crippen molar-refractivity contribution in [2.75, 3.05) is 11.9 Å². The van der Waals surface area contributed by atoms with Gasteiger partial charge in [0.15, 0.2) is 29.0 Å². The van der Waals surface area contributed by atoms with E-state index < -0.39 is 29.0 Å². The van der Waals surface area contributed by atoms with Crippen LogP contribution in [0.15, 0.2) is 28.7 Å². The van der Waals surface area contributed by atoms with Crippen molar-refractivity contribution in [3.05, 3.63) is 47.5 Å². The number of aromatic amines is 1. The number of fused-ring (bicyclic) bond motifs is 1. The lowest BCUT2D eigenvalue weighted by atomic mass is 9.87. The number of imidazole rings is 1. The molecule has 1 aliphatic carbocycles. The van der Waals surface area contributed by atoms with Gasteiger partial charge in [-0.15, -0.1) is 5.10 Å². The molecule has 194 valence electrons. The number of aromatic nitrogens is 4. The number of anilines is 2. The molecule has 0 saturated heterocycles. The number of nitrogens with one attached hydrogen (secondary N) is 2. The van der Waals surface area contributed by atoms with Gasteiger partial charge >= 0.3 is 12.0 Å². The van der Waals surface area contributed by atoms with E-state index in [4.69, 9.17) is 13.9 Å². The SMILES string of the molecule is CCOC(=O)[C@H]1CC[C@@H](Oc2ccc3nc(-c4nnc(Nc5cc(F)c(F)cc5F)o4)[nH]c3c2F)CC1. The zero-order chi connectivity index (χ0) is 26.1. The highest BCUT2D eigenvalue weighted by Gasteiger charge is 2.29. The van der Waals surface area contributed by atoms with E-state index >= 15 is 4.39 Å². The Balaban J connectivity index is 1.29. The molecule has 1 saturated carbocycles. The molecule has 0 bridgehead atoms. The van der Waals surface area contributed by atoms with Crippen LogP contribution in [0.1, 0.15) is 32.6 Å². The van der Waals surface area contributed by atoms with Crippen LogP contribution in [0.2, 0.25) is 0 Å². The van der Waals surface area contributed by atoms with Crippen LogP contribution in [-0.2, 0) is 9.53 Å². The van der Waals surface area contributed by atoms with Gasteiger partial charge in [-0.1, -0.05) is 5.10 Å². The maximum Gasteiger partial charge on any atom is 0.320 e. The minimum Gasteiger partial charge on any atom is -0.487 e. The molecule has 0 aliphatic heterocycles. The van der Waals surface area contributed by atoms with E-state index in [1.807, 2.05) is 0 Å². The zero-order valence-corrected chi connectivity index (χ0v) is 19.5. The number of nitrogens with zero attached hydrogens (tertiary/aromatic N) is 3. The number of esters is 1. The lowest BCUT2D eigenvalue weighted by molar-refractivity contribution is -0.149. The van der Waals surface area contributed by atoms with Crippen LogP contribution in [0.25, 0.3) is 22.7 Å². The van der Waals surface area contributed by atoms with E-state index in [-0.39, 0.29) is 52.5 Å². The van der Waals surface area contributed by atoms with Crippen molar-refractivity contribution in [1.82, 2.24) is 20.2 Å². The van der Waals surface area contributed by atoms with Crippen molar-refractivity contribution in [1.29, 1.82) is 0 Å². The third-order valence-electron chi connectivity index (χ3n) is 6.03. The smallest absolute Gasteiger partial charge is 0.320 e. The van der Waals surface area contributed by atoms with Crippen molar-refractivity contribution in [2.45, 2.75) is 38.7 Å². The predicted molar refractivity (Wildman–Crippen MR) is 122 cm³/mol. The third kappa shape index (κ3) is 5.06. The number of H-pyrrole nitrogens is 1. The Hall–Kier alpha value is -4.16. The quantitative estimate of drug-likeness (QED) is 0.189. The number of hydrogen-bond donors (Lipinski definition) is 2. The van der Waals surface area contributed by atoms with E-state index in [1.165, 1.54) is 6.07 Å². The van der Waals surface area contributed by atoms with Gasteiger partial charge in [0.1, 0.15) is 11.3 Å². The number of carbonyl (C=O) groups is 1. The van der Waals surface area contributed by atoms with Crippen LogP contribution in [0.3, 0.4) is 0 Å². The fraction of sp³-hybridized carbons (Fsp3) is 0.333. The fourth-order valence-corrected chi connectivity index (χ4v) is 4.18. The normalized spacial score (nSPS) is 17.6. The molecule has 0 spiro atoms. The summed E-state index contributed by atoms with van der Waals surface area (Å²) >= 11 is 0. The second-order valence-corrected chi connectivity index (χ2v) is 8.48. The van der Waals surface area contributed by atoms with Gasteiger partial charge < -0.3 is 24.2 Å². The van der Waals surface area contributed by atoms with Crippen molar-refractivity contribution >= 4 is 28.7 Å². The predicted octanol–water partition coefficient (Wildman–Crippen LogP) is 5.41. The number of carbonyl (C=O) groups excluding carboxylic acids is 1. The number of rotatable bonds is 7. The fourth-order valence-electron chi connectivity index (χ4n) is 4.18. The van der Waals surface area contributed by atoms with Crippen molar-refractivity contribution in [3.63, 3.8) is 0 Å². The summed E-state index contributed by atoms with van der Waals surface area (Å²) < 4.78 is 71.9. The minimum atomic E-state index is -1.34. The standard InChI is InChI=1S/C24H21F4N5O4/c1-2-35-23(34)11-3-5-12(6-4-11)36-18-8-7-16-20(19(18)28)31-21(29-16)22-32-33-24(37-22)30-17-10-14(26)13(25)9-15(17)27/h7-12H,2-6H2,1H3,(H,29,31)(H,30,33)/t11-,12+. The Kier molecular flexibility index (Phi) is 6.68. The molecule has 2 aromatic heterocycles. The van der Waals surface area contributed by atoms with E-state index in [0.717, 1.165) is 0 Å². The molecular weight excluding hydrogens is 498 g/mol. The topological polar surface area (TPSA) is 115 Å². The zero-order valence-electron chi connectivity index (χ0n) is 19.5. The lowest BCUT2D eigenvalue weighted by Gasteiger charge is -2.27. The summed E-state index contributed by atoms with van der Waals surface area (Å²) in [6.45, 7) is 2.10. The van der Waals surface area contributed by atoms with Crippen molar-refractivity contribution < 1.29 is 36.2 Å². The third-order valence-corrected chi connectivity index (χ3v) is 6.03. The minimum absolute atomic E-state index is 0.0315. The van der Waals surface area contributed by atoms with Crippen LogP contribution < -0.4 is 10.1 Å². The number of halogens is 4. The van der Waals surface area contributed by atoms with Gasteiger partial charge in [-0.05, 0) is 44.7 Å². The van der Waals surface area contributed by atoms with Gasteiger partial charge in [0.2, 0.25) is 0 Å². The van der Waals surface area contributed by atoms with Crippen LogP contribution in [0.5, 0.6) is 5.75 Å². The molecule has 2 aromatic carbocycles. The van der Waals surface area contributed by atoms with Crippen molar-refractivity contribution in [2.24, 2.45) is 5.92 Å². The Morgan fingerprint density at radius 2 is 1.84 bits per heavy atom. The first-order valence-corrected chi connectivity index (χ1v) is 11.6. The van der Waals surface area contributed by atoms with E-state index in [2.05, 4.69) is 25.5 Å². The van der Waals surface area contributed by atoms with Crippen molar-refractivity contribution in [3.8, 4) is 17.5 Å². The van der Waals surface area contributed by atoms with E-state index in [1.54, 1.807) is 13.0 Å². The molecule has 1 aliphatic rings. The Bertz CT molecular complexity index is 1450. The Morgan fingerprint density at radius 1 is 1.08 bits per heavy atom. The number of ether oxygens (including phenoxy) is 2. The highest BCUT2D eigenvalue weighted by molar-refractivity contribution is 5.80. The lowest BCUT2D eigenvalue weighted by Crippen LogP contribution is -2.29. The molecule has 0 atom stereocenters. The maximum atomic E-state index is 15.2. The second kappa shape index (κ2) is 10.1. The molecule has 37 heavy (non-hydrogen) atoms.